The van der Waals surface area contributed by atoms with Gasteiger partial charge in [-0.05, 0) is 42.7 Å². The van der Waals surface area contributed by atoms with E-state index in [1.807, 2.05) is 12.1 Å². The van der Waals surface area contributed by atoms with Gasteiger partial charge >= 0.3 is 0 Å². The van der Waals surface area contributed by atoms with Crippen molar-refractivity contribution in [2.45, 2.75) is 23.8 Å². The summed E-state index contributed by atoms with van der Waals surface area (Å²) in [6.45, 7) is 0.454. The second kappa shape index (κ2) is 8.28. The van der Waals surface area contributed by atoms with Gasteiger partial charge in [-0.15, -0.1) is 0 Å². The predicted molar refractivity (Wildman–Crippen MR) is 105 cm³/mol. The average molecular weight is 407 g/mol. The van der Waals surface area contributed by atoms with Crippen molar-refractivity contribution in [1.29, 1.82) is 0 Å². The van der Waals surface area contributed by atoms with Crippen molar-refractivity contribution in [3.63, 3.8) is 0 Å². The van der Waals surface area contributed by atoms with Crippen molar-refractivity contribution < 1.29 is 27.4 Å². The minimum atomic E-state index is -3.70. The molecule has 0 spiro atoms. The first kappa shape index (κ1) is 20.3. The highest BCUT2D eigenvalue weighted by Crippen LogP contribution is 2.40. The van der Waals surface area contributed by atoms with Crippen LogP contribution in [0.3, 0.4) is 0 Å². The Kier molecular flexibility index (Phi) is 6.00. The van der Waals surface area contributed by atoms with Crippen molar-refractivity contribution >= 4 is 10.0 Å². The molecule has 0 amide bonds. The van der Waals surface area contributed by atoms with Crippen molar-refractivity contribution in [3.05, 3.63) is 42.0 Å². The van der Waals surface area contributed by atoms with Crippen LogP contribution in [-0.2, 0) is 10.0 Å². The van der Waals surface area contributed by atoms with E-state index in [1.54, 1.807) is 32.4 Å². The van der Waals surface area contributed by atoms with Crippen LogP contribution in [0.4, 0.5) is 0 Å². The van der Waals surface area contributed by atoms with E-state index < -0.39 is 10.0 Å². The van der Waals surface area contributed by atoms with Gasteiger partial charge in [0, 0.05) is 12.6 Å². The highest BCUT2D eigenvalue weighted by atomic mass is 32.2. The molecule has 3 rings (SSSR count). The molecule has 1 saturated heterocycles. The molecule has 28 heavy (non-hydrogen) atoms. The van der Waals surface area contributed by atoms with Crippen molar-refractivity contribution in [3.8, 4) is 23.0 Å². The lowest BCUT2D eigenvalue weighted by atomic mass is 10.0. The number of hydrogen-bond donors (Lipinski definition) is 0. The molecule has 1 aliphatic heterocycles. The summed E-state index contributed by atoms with van der Waals surface area (Å²) in [5, 5.41) is 0. The molecular weight excluding hydrogens is 382 g/mol. The van der Waals surface area contributed by atoms with Gasteiger partial charge in [0.2, 0.25) is 10.0 Å². The largest absolute Gasteiger partial charge is 0.493 e. The monoisotopic (exact) mass is 407 g/mol. The molecule has 1 unspecified atom stereocenters. The Labute approximate surface area is 165 Å². The normalized spacial score (nSPS) is 17.4. The smallest absolute Gasteiger partial charge is 0.243 e. The summed E-state index contributed by atoms with van der Waals surface area (Å²) in [5.41, 5.74) is 0.874. The molecule has 2 aromatic carbocycles. The highest BCUT2D eigenvalue weighted by molar-refractivity contribution is 7.89. The maximum atomic E-state index is 13.3. The van der Waals surface area contributed by atoms with E-state index >= 15 is 0 Å². The third-order valence-corrected chi connectivity index (χ3v) is 6.86. The molecule has 152 valence electrons. The Morgan fingerprint density at radius 3 is 2.00 bits per heavy atom. The molecule has 0 aromatic heterocycles. The van der Waals surface area contributed by atoms with Gasteiger partial charge in [-0.25, -0.2) is 8.42 Å². The lowest BCUT2D eigenvalue weighted by molar-refractivity contribution is 0.350. The summed E-state index contributed by atoms with van der Waals surface area (Å²) in [5.74, 6) is 2.05. The first-order valence-electron chi connectivity index (χ1n) is 8.92. The lowest BCUT2D eigenvalue weighted by Gasteiger charge is -2.25. The quantitative estimate of drug-likeness (QED) is 0.701. The zero-order chi connectivity index (χ0) is 20.3. The number of methoxy groups -OCH3 is 4. The third kappa shape index (κ3) is 3.62. The van der Waals surface area contributed by atoms with Crippen LogP contribution in [0.15, 0.2) is 41.3 Å². The summed E-state index contributed by atoms with van der Waals surface area (Å²) in [6.07, 6.45) is 1.52. The fourth-order valence-electron chi connectivity index (χ4n) is 3.53. The SMILES string of the molecule is COc1ccc(C2CCCN2S(=O)(=O)c2ccc(OC)c(OC)c2)cc1OC. The molecule has 1 fully saturated rings. The first-order chi connectivity index (χ1) is 13.5. The summed E-state index contributed by atoms with van der Waals surface area (Å²) in [6, 6.07) is 9.90. The van der Waals surface area contributed by atoms with Crippen LogP contribution in [0.25, 0.3) is 0 Å². The zero-order valence-corrected chi connectivity index (χ0v) is 17.3. The maximum Gasteiger partial charge on any atom is 0.243 e. The van der Waals surface area contributed by atoms with Crippen molar-refractivity contribution in [1.82, 2.24) is 4.31 Å². The van der Waals surface area contributed by atoms with E-state index in [1.165, 1.54) is 24.6 Å². The molecule has 1 heterocycles. The van der Waals surface area contributed by atoms with Crippen LogP contribution in [-0.4, -0.2) is 47.7 Å². The van der Waals surface area contributed by atoms with E-state index in [0.717, 1.165) is 18.4 Å². The van der Waals surface area contributed by atoms with Crippen LogP contribution < -0.4 is 18.9 Å². The number of benzene rings is 2. The molecule has 0 aliphatic carbocycles. The molecule has 1 aliphatic rings. The summed E-state index contributed by atoms with van der Waals surface area (Å²) < 4.78 is 49.3. The number of rotatable bonds is 7. The lowest BCUT2D eigenvalue weighted by Crippen LogP contribution is -2.30. The van der Waals surface area contributed by atoms with Gasteiger partial charge in [-0.3, -0.25) is 0 Å². The number of ether oxygens (including phenoxy) is 4. The summed E-state index contributed by atoms with van der Waals surface area (Å²) >= 11 is 0. The average Bonchev–Trinajstić information content (AvgIpc) is 3.23. The standard InChI is InChI=1S/C20H25NO6S/c1-24-17-9-7-14(12-19(17)26-3)16-6-5-11-21(16)28(22,23)15-8-10-18(25-2)20(13-15)27-4/h7-10,12-13,16H,5-6,11H2,1-4H3. The van der Waals surface area contributed by atoms with Crippen LogP contribution in [0.2, 0.25) is 0 Å². The summed E-state index contributed by atoms with van der Waals surface area (Å²) in [4.78, 5) is 0.178. The fourth-order valence-corrected chi connectivity index (χ4v) is 5.23. The van der Waals surface area contributed by atoms with Crippen LogP contribution in [0.1, 0.15) is 24.4 Å². The van der Waals surface area contributed by atoms with Crippen LogP contribution >= 0.6 is 0 Å². The molecule has 7 nitrogen and oxygen atoms in total. The Morgan fingerprint density at radius 1 is 0.821 bits per heavy atom. The van der Waals surface area contributed by atoms with Crippen molar-refractivity contribution in [2.75, 3.05) is 35.0 Å². The Balaban J connectivity index is 1.98. The third-order valence-electron chi connectivity index (χ3n) is 4.96. The van der Waals surface area contributed by atoms with Gasteiger partial charge in [0.1, 0.15) is 0 Å². The van der Waals surface area contributed by atoms with E-state index in [2.05, 4.69) is 0 Å². The highest BCUT2D eigenvalue weighted by Gasteiger charge is 2.37. The van der Waals surface area contributed by atoms with Crippen molar-refractivity contribution in [2.24, 2.45) is 0 Å². The second-order valence-electron chi connectivity index (χ2n) is 6.40. The van der Waals surface area contributed by atoms with Gasteiger partial charge < -0.3 is 18.9 Å². The van der Waals surface area contributed by atoms with Crippen LogP contribution in [0, 0.1) is 0 Å². The van der Waals surface area contributed by atoms with Crippen LogP contribution in [0.5, 0.6) is 23.0 Å². The molecule has 2 aromatic rings. The Hall–Kier alpha value is -2.45. The topological polar surface area (TPSA) is 74.3 Å². The minimum Gasteiger partial charge on any atom is -0.493 e. The Morgan fingerprint density at radius 2 is 1.39 bits per heavy atom. The van der Waals surface area contributed by atoms with E-state index in [9.17, 15) is 8.42 Å². The number of nitrogens with zero attached hydrogens (tertiary/aromatic N) is 1. The van der Waals surface area contributed by atoms with E-state index in [0.29, 0.717) is 29.5 Å². The Bertz CT molecular complexity index is 944. The predicted octanol–water partition coefficient (Wildman–Crippen LogP) is 3.25. The first-order valence-corrected chi connectivity index (χ1v) is 10.4. The molecule has 8 heteroatoms. The second-order valence-corrected chi connectivity index (χ2v) is 8.30. The van der Waals surface area contributed by atoms with E-state index in [4.69, 9.17) is 18.9 Å². The van der Waals surface area contributed by atoms with E-state index in [-0.39, 0.29) is 10.9 Å². The fraction of sp³-hybridized carbons (Fsp3) is 0.400. The molecular formula is C20H25NO6S. The zero-order valence-electron chi connectivity index (χ0n) is 16.5. The van der Waals surface area contributed by atoms with Gasteiger partial charge in [-0.1, -0.05) is 6.07 Å². The minimum absolute atomic E-state index is 0.178. The molecule has 1 atom stereocenters. The molecule has 0 N–H and O–H groups in total. The molecule has 0 bridgehead atoms. The number of hydrogen-bond acceptors (Lipinski definition) is 6. The summed E-state index contributed by atoms with van der Waals surface area (Å²) in [7, 11) is 2.43. The van der Waals surface area contributed by atoms with Gasteiger partial charge in [0.15, 0.2) is 23.0 Å². The van der Waals surface area contributed by atoms with Gasteiger partial charge in [-0.2, -0.15) is 4.31 Å². The molecule has 0 saturated carbocycles. The molecule has 0 radical (unpaired) electrons. The van der Waals surface area contributed by atoms with Gasteiger partial charge in [0.05, 0.1) is 39.4 Å². The number of sulfonamides is 1. The maximum absolute atomic E-state index is 13.3. The van der Waals surface area contributed by atoms with Gasteiger partial charge in [0.25, 0.3) is 0 Å².